The molecule has 0 aromatic carbocycles. The highest BCUT2D eigenvalue weighted by molar-refractivity contribution is 4.85. The van der Waals surface area contributed by atoms with Gasteiger partial charge in [-0.25, -0.2) is 0 Å². The van der Waals surface area contributed by atoms with E-state index in [9.17, 15) is 0 Å². The summed E-state index contributed by atoms with van der Waals surface area (Å²) < 4.78 is 0. The maximum atomic E-state index is 9.16. The first-order valence-electron chi connectivity index (χ1n) is 3.46. The highest BCUT2D eigenvalue weighted by atomic mass is 16.3. The van der Waals surface area contributed by atoms with Gasteiger partial charge in [0, 0.05) is 0 Å². The van der Waals surface area contributed by atoms with Crippen LogP contribution in [0.3, 0.4) is 0 Å². The van der Waals surface area contributed by atoms with Crippen LogP contribution in [0.25, 0.3) is 0 Å². The van der Waals surface area contributed by atoms with Crippen molar-refractivity contribution in [3.8, 4) is 0 Å². The lowest BCUT2D eigenvalue weighted by molar-refractivity contribution is -0.0382. The summed E-state index contributed by atoms with van der Waals surface area (Å²) in [5.74, 6) is 0. The summed E-state index contributed by atoms with van der Waals surface area (Å²) in [7, 11) is 0. The molecule has 0 bridgehead atoms. The summed E-state index contributed by atoms with van der Waals surface area (Å²) in [5.41, 5.74) is 0. The zero-order valence-corrected chi connectivity index (χ0v) is 5.70. The highest BCUT2D eigenvalue weighted by Gasteiger charge is 2.28. The van der Waals surface area contributed by atoms with E-state index in [4.69, 9.17) is 15.3 Å². The van der Waals surface area contributed by atoms with Crippen molar-refractivity contribution in [2.45, 2.75) is 24.7 Å². The molecule has 1 heterocycles. The van der Waals surface area contributed by atoms with Crippen molar-refractivity contribution >= 4 is 0 Å². The summed E-state index contributed by atoms with van der Waals surface area (Å²) in [6, 6.07) is -0.358. The van der Waals surface area contributed by atoms with E-state index in [0.29, 0.717) is 13.0 Å². The maximum absolute atomic E-state index is 9.16. The Labute approximate surface area is 59.5 Å². The Morgan fingerprint density at radius 2 is 2.10 bits per heavy atom. The average molecular weight is 147 g/mol. The van der Waals surface area contributed by atoms with Crippen molar-refractivity contribution in [2.75, 3.05) is 13.2 Å². The fourth-order valence-electron chi connectivity index (χ4n) is 1.15. The van der Waals surface area contributed by atoms with Gasteiger partial charge in [-0.05, 0) is 13.0 Å². The van der Waals surface area contributed by atoms with Crippen molar-refractivity contribution in [1.29, 1.82) is 0 Å². The standard InChI is InChI=1S/C6H13NO3/c8-3-4-6(10)5(9)1-2-7-4/h4-10H,1-3H2/t4?,5-,6?/m1/s1. The fourth-order valence-corrected chi connectivity index (χ4v) is 1.15. The molecule has 0 saturated carbocycles. The van der Waals surface area contributed by atoms with Crippen molar-refractivity contribution < 1.29 is 15.3 Å². The van der Waals surface area contributed by atoms with Crippen LogP contribution in [0.15, 0.2) is 0 Å². The molecule has 3 atom stereocenters. The Kier molecular flexibility index (Phi) is 2.62. The molecule has 0 spiro atoms. The number of piperidine rings is 1. The summed E-state index contributed by atoms with van der Waals surface area (Å²) in [5, 5.41) is 29.8. The van der Waals surface area contributed by atoms with Crippen molar-refractivity contribution in [2.24, 2.45) is 0 Å². The zero-order valence-electron chi connectivity index (χ0n) is 5.70. The third-order valence-electron chi connectivity index (χ3n) is 1.85. The predicted octanol–water partition coefficient (Wildman–Crippen LogP) is -1.94. The summed E-state index contributed by atoms with van der Waals surface area (Å²) in [6.45, 7) is 0.529. The van der Waals surface area contributed by atoms with Crippen LogP contribution >= 0.6 is 0 Å². The molecule has 4 N–H and O–H groups in total. The number of rotatable bonds is 1. The highest BCUT2D eigenvalue weighted by Crippen LogP contribution is 2.08. The molecule has 60 valence electrons. The van der Waals surface area contributed by atoms with Crippen molar-refractivity contribution in [3.05, 3.63) is 0 Å². The molecule has 0 aliphatic carbocycles. The smallest absolute Gasteiger partial charge is 0.0974 e. The zero-order chi connectivity index (χ0) is 7.56. The first-order valence-corrected chi connectivity index (χ1v) is 3.46. The van der Waals surface area contributed by atoms with Gasteiger partial charge in [0.15, 0.2) is 0 Å². The lowest BCUT2D eigenvalue weighted by atomic mass is 9.99. The second-order valence-electron chi connectivity index (χ2n) is 2.59. The third kappa shape index (κ3) is 1.46. The van der Waals surface area contributed by atoms with E-state index in [1.807, 2.05) is 0 Å². The lowest BCUT2D eigenvalue weighted by Gasteiger charge is -2.31. The Bertz CT molecular complexity index is 109. The van der Waals surface area contributed by atoms with Gasteiger partial charge in [0.25, 0.3) is 0 Å². The van der Waals surface area contributed by atoms with E-state index >= 15 is 0 Å². The van der Waals surface area contributed by atoms with Crippen LogP contribution in [-0.2, 0) is 0 Å². The molecular formula is C6H13NO3. The number of nitrogens with one attached hydrogen (secondary N) is 1. The minimum atomic E-state index is -0.821. The van der Waals surface area contributed by atoms with E-state index in [0.717, 1.165) is 0 Å². The first-order chi connectivity index (χ1) is 4.75. The second-order valence-corrected chi connectivity index (χ2v) is 2.59. The minimum absolute atomic E-state index is 0.127. The lowest BCUT2D eigenvalue weighted by Crippen LogP contribution is -2.54. The SMILES string of the molecule is OCC1NCC[C@@H](O)C1O. The van der Waals surface area contributed by atoms with Crippen LogP contribution in [0, 0.1) is 0 Å². The monoisotopic (exact) mass is 147 g/mol. The van der Waals surface area contributed by atoms with Gasteiger partial charge in [0.05, 0.1) is 24.9 Å². The molecular weight excluding hydrogens is 134 g/mol. The Balaban J connectivity index is 2.42. The first kappa shape index (κ1) is 7.94. The molecule has 4 nitrogen and oxygen atoms in total. The van der Waals surface area contributed by atoms with Gasteiger partial charge in [-0.2, -0.15) is 0 Å². The van der Waals surface area contributed by atoms with Crippen LogP contribution < -0.4 is 5.32 Å². The summed E-state index contributed by atoms with van der Waals surface area (Å²) in [4.78, 5) is 0. The minimum Gasteiger partial charge on any atom is -0.395 e. The molecule has 1 aliphatic rings. The molecule has 10 heavy (non-hydrogen) atoms. The molecule has 1 fully saturated rings. The maximum Gasteiger partial charge on any atom is 0.0974 e. The van der Waals surface area contributed by atoms with Crippen LogP contribution in [0.2, 0.25) is 0 Å². The van der Waals surface area contributed by atoms with Crippen molar-refractivity contribution in [1.82, 2.24) is 5.32 Å². The Hall–Kier alpha value is -0.160. The van der Waals surface area contributed by atoms with Crippen molar-refractivity contribution in [3.63, 3.8) is 0 Å². The topological polar surface area (TPSA) is 72.7 Å². The van der Waals surface area contributed by atoms with Gasteiger partial charge in [0.2, 0.25) is 0 Å². The van der Waals surface area contributed by atoms with Gasteiger partial charge in [-0.15, -0.1) is 0 Å². The quantitative estimate of drug-likeness (QED) is 0.348. The van der Waals surface area contributed by atoms with E-state index in [2.05, 4.69) is 5.32 Å². The number of hydrogen-bond donors (Lipinski definition) is 4. The van der Waals surface area contributed by atoms with Gasteiger partial charge < -0.3 is 20.6 Å². The van der Waals surface area contributed by atoms with E-state index in [1.165, 1.54) is 0 Å². The molecule has 1 rings (SSSR count). The summed E-state index contributed by atoms with van der Waals surface area (Å²) in [6.07, 6.45) is -0.949. The molecule has 0 aromatic rings. The number of aliphatic hydroxyl groups is 3. The number of aliphatic hydroxyl groups excluding tert-OH is 3. The Morgan fingerprint density at radius 3 is 2.60 bits per heavy atom. The largest absolute Gasteiger partial charge is 0.395 e. The third-order valence-corrected chi connectivity index (χ3v) is 1.85. The van der Waals surface area contributed by atoms with E-state index < -0.39 is 12.2 Å². The average Bonchev–Trinajstić information content (AvgIpc) is 1.95. The fraction of sp³-hybridized carbons (Fsp3) is 1.00. The van der Waals surface area contributed by atoms with Gasteiger partial charge in [-0.3, -0.25) is 0 Å². The molecule has 4 heteroatoms. The van der Waals surface area contributed by atoms with E-state index in [-0.39, 0.29) is 12.6 Å². The normalized spacial score (nSPS) is 41.7. The molecule has 0 aromatic heterocycles. The van der Waals surface area contributed by atoms with Crippen LogP contribution in [0.5, 0.6) is 0 Å². The Morgan fingerprint density at radius 1 is 1.40 bits per heavy atom. The molecule has 1 saturated heterocycles. The van der Waals surface area contributed by atoms with E-state index in [1.54, 1.807) is 0 Å². The molecule has 2 unspecified atom stereocenters. The van der Waals surface area contributed by atoms with Gasteiger partial charge in [-0.1, -0.05) is 0 Å². The van der Waals surface area contributed by atoms with Gasteiger partial charge in [0.1, 0.15) is 0 Å². The van der Waals surface area contributed by atoms with Gasteiger partial charge >= 0.3 is 0 Å². The number of hydrogen-bond acceptors (Lipinski definition) is 4. The van der Waals surface area contributed by atoms with Crippen LogP contribution in [-0.4, -0.2) is 46.7 Å². The molecule has 1 aliphatic heterocycles. The second kappa shape index (κ2) is 3.30. The molecule has 0 amide bonds. The molecule has 0 radical (unpaired) electrons. The summed E-state index contributed by atoms with van der Waals surface area (Å²) >= 11 is 0. The van der Waals surface area contributed by atoms with Crippen LogP contribution in [0.4, 0.5) is 0 Å². The van der Waals surface area contributed by atoms with Crippen LogP contribution in [0.1, 0.15) is 6.42 Å². The predicted molar refractivity (Wildman–Crippen MR) is 35.5 cm³/mol.